The van der Waals surface area contributed by atoms with Gasteiger partial charge in [-0.2, -0.15) is 13.2 Å². The summed E-state index contributed by atoms with van der Waals surface area (Å²) in [5.74, 6) is -2.76. The zero-order valence-electron chi connectivity index (χ0n) is 7.43. The monoisotopic (exact) mass is 207 g/mol. The molecule has 0 aromatic rings. The Labute approximate surface area is 79.1 Å². The number of carboxylic acid groups (broad SMARTS) is 1. The van der Waals surface area contributed by atoms with Crippen LogP contribution in [0.1, 0.15) is 25.7 Å². The van der Waals surface area contributed by atoms with Gasteiger partial charge in [-0.05, 0) is 31.1 Å². The molecule has 0 aromatic heterocycles. The third-order valence-corrected chi connectivity index (χ3v) is 3.72. The molecule has 0 amide bonds. The van der Waals surface area contributed by atoms with Crippen molar-refractivity contribution in [2.24, 2.45) is 17.3 Å². The lowest BCUT2D eigenvalue weighted by Gasteiger charge is -2.39. The maximum absolute atomic E-state index is 12.7. The number of carboxylic acids is 1. The van der Waals surface area contributed by atoms with E-state index in [0.29, 0.717) is 12.8 Å². The van der Waals surface area contributed by atoms with Gasteiger partial charge in [0.1, 0.15) is 5.41 Å². The van der Waals surface area contributed by atoms with Crippen molar-refractivity contribution in [3.05, 3.63) is 0 Å². The molecule has 2 aliphatic rings. The van der Waals surface area contributed by atoms with Gasteiger partial charge < -0.3 is 9.90 Å². The Morgan fingerprint density at radius 2 is 2.00 bits per heavy atom. The molecule has 0 saturated heterocycles. The third-order valence-electron chi connectivity index (χ3n) is 3.72. The smallest absolute Gasteiger partial charge is 0.399 e. The summed E-state index contributed by atoms with van der Waals surface area (Å²) < 4.78 is 38.1. The molecule has 0 N–H and O–H groups in total. The van der Waals surface area contributed by atoms with Gasteiger partial charge in [-0.3, -0.25) is 0 Å². The van der Waals surface area contributed by atoms with Crippen molar-refractivity contribution in [2.75, 3.05) is 0 Å². The topological polar surface area (TPSA) is 40.1 Å². The number of fused-ring (bicyclic) bond motifs is 2. The Bertz CT molecular complexity index is 274. The fourth-order valence-corrected chi connectivity index (χ4v) is 3.04. The lowest BCUT2D eigenvalue weighted by molar-refractivity contribution is -0.349. The molecule has 14 heavy (non-hydrogen) atoms. The molecular weight excluding hydrogens is 197 g/mol. The number of carbonyl (C=O) groups is 1. The molecule has 3 atom stereocenters. The number of carbonyl (C=O) groups excluding carboxylic acids is 1. The molecule has 0 radical (unpaired) electrons. The Morgan fingerprint density at radius 1 is 1.36 bits per heavy atom. The summed E-state index contributed by atoms with van der Waals surface area (Å²) in [4.78, 5) is 10.7. The highest BCUT2D eigenvalue weighted by Gasteiger charge is 2.66. The molecule has 2 aliphatic carbocycles. The van der Waals surface area contributed by atoms with Crippen LogP contribution in [-0.4, -0.2) is 12.1 Å². The Kier molecular flexibility index (Phi) is 1.85. The quantitative estimate of drug-likeness (QED) is 0.646. The van der Waals surface area contributed by atoms with Crippen molar-refractivity contribution in [1.29, 1.82) is 0 Å². The summed E-state index contributed by atoms with van der Waals surface area (Å²) in [5, 5.41) is 10.7. The summed E-state index contributed by atoms with van der Waals surface area (Å²) >= 11 is 0. The zero-order chi connectivity index (χ0) is 10.6. The van der Waals surface area contributed by atoms with Crippen LogP contribution >= 0.6 is 0 Å². The van der Waals surface area contributed by atoms with Crippen molar-refractivity contribution in [2.45, 2.75) is 31.9 Å². The maximum Gasteiger partial charge on any atom is 0.399 e. The molecular formula is C9H10F3O2-. The average molecular weight is 207 g/mol. The number of hydrogen-bond donors (Lipinski definition) is 0. The van der Waals surface area contributed by atoms with Crippen LogP contribution in [0.4, 0.5) is 13.2 Å². The summed E-state index contributed by atoms with van der Waals surface area (Å²) in [6.45, 7) is 0. The van der Waals surface area contributed by atoms with Gasteiger partial charge in [-0.15, -0.1) is 0 Å². The van der Waals surface area contributed by atoms with E-state index in [0.717, 1.165) is 6.42 Å². The van der Waals surface area contributed by atoms with Crippen LogP contribution in [0.5, 0.6) is 0 Å². The van der Waals surface area contributed by atoms with Gasteiger partial charge in [-0.1, -0.05) is 6.42 Å². The van der Waals surface area contributed by atoms with Gasteiger partial charge in [0, 0.05) is 0 Å². The van der Waals surface area contributed by atoms with Crippen LogP contribution in [-0.2, 0) is 4.79 Å². The lowest BCUT2D eigenvalue weighted by atomic mass is 9.72. The minimum atomic E-state index is -4.66. The first-order valence-corrected chi connectivity index (χ1v) is 4.66. The van der Waals surface area contributed by atoms with E-state index < -0.39 is 23.5 Å². The second kappa shape index (κ2) is 2.64. The van der Waals surface area contributed by atoms with Crippen molar-refractivity contribution < 1.29 is 23.1 Å². The average Bonchev–Trinajstić information content (AvgIpc) is 2.59. The normalized spacial score (nSPS) is 41.6. The van der Waals surface area contributed by atoms with E-state index in [9.17, 15) is 23.1 Å². The highest BCUT2D eigenvalue weighted by atomic mass is 19.4. The Morgan fingerprint density at radius 3 is 2.21 bits per heavy atom. The molecule has 2 fully saturated rings. The Balaban J connectivity index is 2.39. The van der Waals surface area contributed by atoms with Gasteiger partial charge in [0.15, 0.2) is 0 Å². The van der Waals surface area contributed by atoms with Crippen molar-refractivity contribution >= 4 is 5.97 Å². The molecule has 0 heterocycles. The largest absolute Gasteiger partial charge is 0.549 e. The van der Waals surface area contributed by atoms with E-state index in [4.69, 9.17) is 0 Å². The minimum absolute atomic E-state index is 0.0699. The van der Waals surface area contributed by atoms with E-state index in [1.165, 1.54) is 0 Å². The highest BCUT2D eigenvalue weighted by molar-refractivity contribution is 5.75. The molecule has 2 saturated carbocycles. The van der Waals surface area contributed by atoms with E-state index in [1.807, 2.05) is 0 Å². The number of aliphatic carboxylic acids is 1. The van der Waals surface area contributed by atoms with Gasteiger partial charge in [0.25, 0.3) is 0 Å². The van der Waals surface area contributed by atoms with Gasteiger partial charge in [-0.25, -0.2) is 0 Å². The SMILES string of the molecule is O=C([O-])C1(C(F)(F)F)CC2CCC1C2. The first kappa shape index (κ1) is 9.80. The van der Waals surface area contributed by atoms with E-state index in [2.05, 4.69) is 0 Å². The van der Waals surface area contributed by atoms with Crippen molar-refractivity contribution in [1.82, 2.24) is 0 Å². The molecule has 2 rings (SSSR count). The first-order chi connectivity index (χ1) is 6.38. The predicted molar refractivity (Wildman–Crippen MR) is 38.9 cm³/mol. The second-order valence-corrected chi connectivity index (χ2v) is 4.34. The summed E-state index contributed by atoms with van der Waals surface area (Å²) in [6.07, 6.45) is -3.43. The summed E-state index contributed by atoms with van der Waals surface area (Å²) in [7, 11) is 0. The molecule has 3 unspecified atom stereocenters. The van der Waals surface area contributed by atoms with Crippen LogP contribution in [0.15, 0.2) is 0 Å². The summed E-state index contributed by atoms with van der Waals surface area (Å²) in [5.41, 5.74) is -2.55. The van der Waals surface area contributed by atoms with Crippen LogP contribution in [0.25, 0.3) is 0 Å². The molecule has 2 bridgehead atoms. The van der Waals surface area contributed by atoms with Crippen LogP contribution < -0.4 is 5.11 Å². The fourth-order valence-electron chi connectivity index (χ4n) is 3.04. The maximum atomic E-state index is 12.7. The van der Waals surface area contributed by atoms with Gasteiger partial charge >= 0.3 is 6.18 Å². The second-order valence-electron chi connectivity index (χ2n) is 4.34. The molecule has 2 nitrogen and oxygen atoms in total. The molecule has 0 aliphatic heterocycles. The van der Waals surface area contributed by atoms with Gasteiger partial charge in [0.2, 0.25) is 0 Å². The van der Waals surface area contributed by atoms with Crippen LogP contribution in [0.2, 0.25) is 0 Å². The molecule has 80 valence electrons. The minimum Gasteiger partial charge on any atom is -0.549 e. The summed E-state index contributed by atoms with van der Waals surface area (Å²) in [6, 6.07) is 0. The lowest BCUT2D eigenvalue weighted by Crippen LogP contribution is -2.55. The van der Waals surface area contributed by atoms with Crippen LogP contribution in [0, 0.1) is 17.3 Å². The number of rotatable bonds is 1. The molecule has 0 aromatic carbocycles. The van der Waals surface area contributed by atoms with Crippen molar-refractivity contribution in [3.8, 4) is 0 Å². The van der Waals surface area contributed by atoms with E-state index >= 15 is 0 Å². The number of halogens is 3. The van der Waals surface area contributed by atoms with E-state index in [1.54, 1.807) is 0 Å². The predicted octanol–water partition coefficient (Wildman–Crippen LogP) is 1.10. The van der Waals surface area contributed by atoms with Crippen LogP contribution in [0.3, 0.4) is 0 Å². The molecule has 0 spiro atoms. The van der Waals surface area contributed by atoms with Gasteiger partial charge in [0.05, 0.1) is 5.97 Å². The standard InChI is InChI=1S/C9H11F3O2/c10-9(11,12)8(7(13)14)4-5-1-2-6(8)3-5/h5-6H,1-4H2,(H,13,14)/p-1. The first-order valence-electron chi connectivity index (χ1n) is 4.66. The number of hydrogen-bond acceptors (Lipinski definition) is 2. The zero-order valence-corrected chi connectivity index (χ0v) is 7.43. The molecule has 5 heteroatoms. The highest BCUT2D eigenvalue weighted by Crippen LogP contribution is 2.62. The number of alkyl halides is 3. The third kappa shape index (κ3) is 1.01. The fraction of sp³-hybridized carbons (Fsp3) is 0.889. The van der Waals surface area contributed by atoms with E-state index in [-0.39, 0.29) is 12.3 Å². The Hall–Kier alpha value is -0.740. The van der Waals surface area contributed by atoms with Crippen molar-refractivity contribution in [3.63, 3.8) is 0 Å².